The Labute approximate surface area is 144 Å². The second kappa shape index (κ2) is 8.40. The summed E-state index contributed by atoms with van der Waals surface area (Å²) >= 11 is 6.16. The Balaban J connectivity index is 2.03. The molecule has 0 aliphatic rings. The van der Waals surface area contributed by atoms with Crippen LogP contribution in [0.25, 0.3) is 6.08 Å². The number of carbonyl (C=O) groups is 1. The van der Waals surface area contributed by atoms with E-state index < -0.39 is 5.97 Å². The number of methoxy groups -OCH3 is 1. The summed E-state index contributed by atoms with van der Waals surface area (Å²) in [4.78, 5) is 11.8. The van der Waals surface area contributed by atoms with Gasteiger partial charge in [0.1, 0.15) is 18.1 Å². The van der Waals surface area contributed by atoms with Gasteiger partial charge in [0.15, 0.2) is 11.5 Å². The van der Waals surface area contributed by atoms with Crippen molar-refractivity contribution in [1.29, 1.82) is 0 Å². The third kappa shape index (κ3) is 4.76. The number of carbonyl (C=O) groups excluding carboxylic acids is 1. The van der Waals surface area contributed by atoms with E-state index in [4.69, 9.17) is 30.3 Å². The highest BCUT2D eigenvalue weighted by molar-refractivity contribution is 6.32. The Morgan fingerprint density at radius 3 is 2.79 bits per heavy atom. The Bertz CT molecular complexity index is 739. The predicted molar refractivity (Wildman–Crippen MR) is 89.2 cm³/mol. The molecule has 1 heterocycles. The number of hydrogen-bond acceptors (Lipinski definition) is 6. The first kappa shape index (κ1) is 17.9. The van der Waals surface area contributed by atoms with Crippen LogP contribution in [0.2, 0.25) is 5.02 Å². The van der Waals surface area contributed by atoms with Crippen LogP contribution < -0.4 is 9.47 Å². The summed E-state index contributed by atoms with van der Waals surface area (Å²) < 4.78 is 20.7. The fraction of sp³-hybridized carbons (Fsp3) is 0.294. The average Bonchev–Trinajstić information content (AvgIpc) is 2.96. The van der Waals surface area contributed by atoms with Crippen molar-refractivity contribution in [2.45, 2.75) is 20.5 Å². The fourth-order valence-corrected chi connectivity index (χ4v) is 2.28. The van der Waals surface area contributed by atoms with Gasteiger partial charge in [-0.1, -0.05) is 16.8 Å². The van der Waals surface area contributed by atoms with Crippen LogP contribution in [-0.2, 0) is 16.1 Å². The highest BCUT2D eigenvalue weighted by Gasteiger charge is 2.11. The Morgan fingerprint density at radius 1 is 1.38 bits per heavy atom. The number of aromatic nitrogens is 1. The average molecular weight is 352 g/mol. The number of benzene rings is 1. The Kier molecular flexibility index (Phi) is 6.26. The summed E-state index contributed by atoms with van der Waals surface area (Å²) in [5, 5.41) is 4.14. The van der Waals surface area contributed by atoms with E-state index in [1.807, 2.05) is 6.92 Å². The van der Waals surface area contributed by atoms with Gasteiger partial charge in [0, 0.05) is 12.1 Å². The summed E-state index contributed by atoms with van der Waals surface area (Å²) in [6.07, 6.45) is 2.89. The van der Waals surface area contributed by atoms with Crippen LogP contribution in [0.1, 0.15) is 23.9 Å². The zero-order chi connectivity index (χ0) is 17.5. The second-order valence-corrected chi connectivity index (χ2v) is 5.24. The van der Waals surface area contributed by atoms with Crippen molar-refractivity contribution < 1.29 is 23.5 Å². The third-order valence-electron chi connectivity index (χ3n) is 2.99. The zero-order valence-corrected chi connectivity index (χ0v) is 14.4. The summed E-state index contributed by atoms with van der Waals surface area (Å²) in [7, 11) is 1.52. The quantitative estimate of drug-likeness (QED) is 0.558. The van der Waals surface area contributed by atoms with Gasteiger partial charge in [-0.25, -0.2) is 4.79 Å². The van der Waals surface area contributed by atoms with Crippen LogP contribution in [0.4, 0.5) is 0 Å². The molecule has 0 saturated carbocycles. The van der Waals surface area contributed by atoms with Crippen molar-refractivity contribution in [2.24, 2.45) is 0 Å². The normalized spacial score (nSPS) is 10.8. The minimum atomic E-state index is -0.499. The van der Waals surface area contributed by atoms with Crippen molar-refractivity contribution >= 4 is 23.6 Å². The van der Waals surface area contributed by atoms with Crippen molar-refractivity contribution in [3.63, 3.8) is 0 Å². The molecular weight excluding hydrogens is 334 g/mol. The van der Waals surface area contributed by atoms with Crippen LogP contribution in [0.15, 0.2) is 28.8 Å². The first-order chi connectivity index (χ1) is 11.5. The smallest absolute Gasteiger partial charge is 0.331 e. The molecule has 0 unspecified atom stereocenters. The minimum absolute atomic E-state index is 0.0497. The lowest BCUT2D eigenvalue weighted by Gasteiger charge is -2.11. The molecule has 0 atom stereocenters. The largest absolute Gasteiger partial charge is 0.491 e. The van der Waals surface area contributed by atoms with Crippen LogP contribution in [0.5, 0.6) is 11.5 Å². The summed E-state index contributed by atoms with van der Waals surface area (Å²) in [6.45, 7) is 4.15. The molecule has 0 spiro atoms. The number of rotatable bonds is 7. The van der Waals surface area contributed by atoms with Crippen LogP contribution >= 0.6 is 11.6 Å². The van der Waals surface area contributed by atoms with Crippen LogP contribution in [0, 0.1) is 6.92 Å². The summed E-state index contributed by atoms with van der Waals surface area (Å²) in [5.41, 5.74) is 1.25. The van der Waals surface area contributed by atoms with Gasteiger partial charge in [0.05, 0.1) is 18.7 Å². The predicted octanol–water partition coefficient (Wildman–Crippen LogP) is 3.80. The van der Waals surface area contributed by atoms with Gasteiger partial charge >= 0.3 is 5.97 Å². The molecule has 1 aromatic heterocycles. The van der Waals surface area contributed by atoms with E-state index in [9.17, 15) is 4.79 Å². The number of halogens is 1. The zero-order valence-electron chi connectivity index (χ0n) is 13.7. The molecule has 7 heteroatoms. The molecule has 2 aromatic rings. The third-order valence-corrected chi connectivity index (χ3v) is 3.27. The monoisotopic (exact) mass is 351 g/mol. The number of hydrogen-bond donors (Lipinski definition) is 0. The van der Waals surface area contributed by atoms with Gasteiger partial charge in [-0.2, -0.15) is 0 Å². The van der Waals surface area contributed by atoms with E-state index in [1.54, 1.807) is 31.2 Å². The van der Waals surface area contributed by atoms with Crippen LogP contribution in [0.3, 0.4) is 0 Å². The Hall–Kier alpha value is -2.47. The first-order valence-corrected chi connectivity index (χ1v) is 7.68. The molecule has 0 radical (unpaired) electrons. The van der Waals surface area contributed by atoms with Crippen molar-refractivity contribution in [3.8, 4) is 11.5 Å². The topological polar surface area (TPSA) is 70.8 Å². The van der Waals surface area contributed by atoms with E-state index in [2.05, 4.69) is 5.16 Å². The van der Waals surface area contributed by atoms with Crippen molar-refractivity contribution in [1.82, 2.24) is 5.16 Å². The Morgan fingerprint density at radius 2 is 2.17 bits per heavy atom. The fourth-order valence-electron chi connectivity index (χ4n) is 1.99. The van der Waals surface area contributed by atoms with E-state index in [-0.39, 0.29) is 6.61 Å². The molecule has 0 aliphatic carbocycles. The lowest BCUT2D eigenvalue weighted by atomic mass is 10.2. The van der Waals surface area contributed by atoms with E-state index in [0.29, 0.717) is 40.1 Å². The van der Waals surface area contributed by atoms with Gasteiger partial charge in [0.25, 0.3) is 0 Å². The molecule has 0 aliphatic heterocycles. The van der Waals surface area contributed by atoms with E-state index >= 15 is 0 Å². The van der Waals surface area contributed by atoms with Gasteiger partial charge < -0.3 is 18.7 Å². The lowest BCUT2D eigenvalue weighted by molar-refractivity contribution is -0.139. The molecule has 0 amide bonds. The maximum atomic E-state index is 11.8. The highest BCUT2D eigenvalue weighted by Crippen LogP contribution is 2.36. The summed E-state index contributed by atoms with van der Waals surface area (Å²) in [6, 6.07) is 5.11. The van der Waals surface area contributed by atoms with E-state index in [1.165, 1.54) is 13.2 Å². The molecule has 24 heavy (non-hydrogen) atoms. The molecule has 0 saturated heterocycles. The van der Waals surface area contributed by atoms with Gasteiger partial charge in [0.2, 0.25) is 0 Å². The molecule has 6 nitrogen and oxygen atoms in total. The number of ether oxygens (including phenoxy) is 3. The van der Waals surface area contributed by atoms with Gasteiger partial charge in [-0.05, 0) is 37.6 Å². The van der Waals surface area contributed by atoms with Crippen molar-refractivity contribution in [2.75, 3.05) is 13.7 Å². The maximum absolute atomic E-state index is 11.8. The molecule has 0 fully saturated rings. The number of esters is 1. The van der Waals surface area contributed by atoms with Gasteiger partial charge in [-0.15, -0.1) is 0 Å². The molecule has 128 valence electrons. The molecule has 1 aromatic carbocycles. The standard InChI is InChI=1S/C17H18ClNO5/c1-4-22-15-9-12(8-14(18)17(15)21-3)5-6-16(20)23-10-13-7-11(2)24-19-13/h5-9H,4,10H2,1-3H3/b6-5+. The van der Waals surface area contributed by atoms with Crippen LogP contribution in [-0.4, -0.2) is 24.8 Å². The first-order valence-electron chi connectivity index (χ1n) is 7.30. The highest BCUT2D eigenvalue weighted by atomic mass is 35.5. The minimum Gasteiger partial charge on any atom is -0.491 e. The SMILES string of the molecule is CCOc1cc(/C=C/C(=O)OCc2cc(C)on2)cc(Cl)c1OC. The molecule has 0 bridgehead atoms. The van der Waals surface area contributed by atoms with Crippen molar-refractivity contribution in [3.05, 3.63) is 46.3 Å². The van der Waals surface area contributed by atoms with Gasteiger partial charge in [-0.3, -0.25) is 0 Å². The lowest BCUT2D eigenvalue weighted by Crippen LogP contribution is -2.01. The number of nitrogens with zero attached hydrogens (tertiary/aromatic N) is 1. The number of aryl methyl sites for hydroxylation is 1. The molecule has 0 N–H and O–H groups in total. The maximum Gasteiger partial charge on any atom is 0.331 e. The summed E-state index contributed by atoms with van der Waals surface area (Å²) in [5.74, 6) is 1.13. The van der Waals surface area contributed by atoms with E-state index in [0.717, 1.165) is 0 Å². The molecular formula is C17H18ClNO5. The second-order valence-electron chi connectivity index (χ2n) is 4.84. The molecule has 2 rings (SSSR count).